The Morgan fingerprint density at radius 2 is 1.78 bits per heavy atom. The van der Waals surface area contributed by atoms with E-state index in [4.69, 9.17) is 14.8 Å². The zero-order chi connectivity index (χ0) is 19.1. The van der Waals surface area contributed by atoms with Crippen LogP contribution in [0.15, 0.2) is 30.3 Å². The lowest BCUT2D eigenvalue weighted by molar-refractivity contribution is 0.354. The summed E-state index contributed by atoms with van der Waals surface area (Å²) in [5, 5.41) is 4.89. The van der Waals surface area contributed by atoms with Gasteiger partial charge in [-0.2, -0.15) is 9.61 Å². The van der Waals surface area contributed by atoms with Gasteiger partial charge in [-0.1, -0.05) is 32.0 Å². The number of fused-ring (bicyclic) bond motifs is 1. The van der Waals surface area contributed by atoms with E-state index < -0.39 is 0 Å². The highest BCUT2D eigenvalue weighted by atomic mass is 16.5. The third-order valence-corrected chi connectivity index (χ3v) is 5.44. The van der Waals surface area contributed by atoms with Gasteiger partial charge >= 0.3 is 0 Å². The Labute approximate surface area is 161 Å². The van der Waals surface area contributed by atoms with E-state index in [-0.39, 0.29) is 0 Å². The largest absolute Gasteiger partial charge is 0.496 e. The molecule has 1 aromatic carbocycles. The Hall–Kier alpha value is -2.56. The normalized spacial score (nSPS) is 20.3. The molecule has 5 nitrogen and oxygen atoms in total. The number of piperidine rings is 1. The molecule has 0 bridgehead atoms. The van der Waals surface area contributed by atoms with E-state index in [2.05, 4.69) is 44.7 Å². The second kappa shape index (κ2) is 6.87. The number of aryl methyl sites for hydroxylation is 2. The Morgan fingerprint density at radius 1 is 1.07 bits per heavy atom. The molecule has 1 aliphatic heterocycles. The van der Waals surface area contributed by atoms with Gasteiger partial charge in [0, 0.05) is 30.4 Å². The van der Waals surface area contributed by atoms with Gasteiger partial charge in [0.1, 0.15) is 11.6 Å². The summed E-state index contributed by atoms with van der Waals surface area (Å²) in [6, 6.07) is 10.3. The smallest absolute Gasteiger partial charge is 0.165 e. The zero-order valence-corrected chi connectivity index (χ0v) is 16.9. The number of aromatic nitrogens is 3. The van der Waals surface area contributed by atoms with Crippen LogP contribution in [0.3, 0.4) is 0 Å². The minimum atomic E-state index is 0.683. The van der Waals surface area contributed by atoms with Gasteiger partial charge in [-0.05, 0) is 38.2 Å². The van der Waals surface area contributed by atoms with Crippen LogP contribution in [0.2, 0.25) is 0 Å². The number of hydrogen-bond donors (Lipinski definition) is 0. The van der Waals surface area contributed by atoms with Crippen molar-refractivity contribution in [3.05, 3.63) is 41.7 Å². The van der Waals surface area contributed by atoms with Crippen LogP contribution in [0.25, 0.3) is 16.8 Å². The molecule has 27 heavy (non-hydrogen) atoms. The van der Waals surface area contributed by atoms with Crippen LogP contribution >= 0.6 is 0 Å². The molecule has 0 radical (unpaired) electrons. The number of rotatable bonds is 3. The van der Waals surface area contributed by atoms with Gasteiger partial charge < -0.3 is 9.64 Å². The van der Waals surface area contributed by atoms with Crippen LogP contribution in [0.1, 0.15) is 31.7 Å². The quantitative estimate of drug-likeness (QED) is 0.686. The summed E-state index contributed by atoms with van der Waals surface area (Å²) in [5.41, 5.74) is 4.97. The Morgan fingerprint density at radius 3 is 2.48 bits per heavy atom. The first-order valence-corrected chi connectivity index (χ1v) is 9.73. The summed E-state index contributed by atoms with van der Waals surface area (Å²) in [7, 11) is 1.71. The lowest BCUT2D eigenvalue weighted by Crippen LogP contribution is -2.39. The third kappa shape index (κ3) is 3.15. The Balaban J connectivity index is 1.92. The van der Waals surface area contributed by atoms with E-state index in [9.17, 15) is 0 Å². The van der Waals surface area contributed by atoms with E-state index >= 15 is 0 Å². The molecular formula is C22H28N4O. The molecule has 142 valence electrons. The molecule has 4 rings (SSSR count). The van der Waals surface area contributed by atoms with Crippen molar-refractivity contribution in [2.75, 3.05) is 25.1 Å². The van der Waals surface area contributed by atoms with Gasteiger partial charge in [-0.15, -0.1) is 0 Å². The Kier molecular flexibility index (Phi) is 4.54. The van der Waals surface area contributed by atoms with Crippen molar-refractivity contribution in [2.24, 2.45) is 11.8 Å². The summed E-state index contributed by atoms with van der Waals surface area (Å²) in [6.45, 7) is 10.9. The summed E-state index contributed by atoms with van der Waals surface area (Å²) in [4.78, 5) is 7.33. The summed E-state index contributed by atoms with van der Waals surface area (Å²) >= 11 is 0. The number of benzene rings is 1. The van der Waals surface area contributed by atoms with Crippen LogP contribution in [-0.2, 0) is 0 Å². The standard InChI is InChI=1S/C22H28N4O/c1-14-10-15(2)13-25(12-14)20-11-16(3)23-22-21(17(4)24-26(20)22)18-8-6-7-9-19(18)27-5/h6-9,11,14-15H,10,12-13H2,1-5H3. The van der Waals surface area contributed by atoms with Crippen LogP contribution in [0, 0.1) is 25.7 Å². The predicted octanol–water partition coefficient (Wildman–Crippen LogP) is 4.50. The molecular weight excluding hydrogens is 336 g/mol. The predicted molar refractivity (Wildman–Crippen MR) is 110 cm³/mol. The Bertz CT molecular complexity index is 968. The topological polar surface area (TPSA) is 42.7 Å². The first kappa shape index (κ1) is 17.8. The van der Waals surface area contributed by atoms with Crippen molar-refractivity contribution < 1.29 is 4.74 Å². The highest BCUT2D eigenvalue weighted by Gasteiger charge is 2.26. The van der Waals surface area contributed by atoms with Crippen molar-refractivity contribution >= 4 is 11.5 Å². The van der Waals surface area contributed by atoms with Crippen molar-refractivity contribution in [1.29, 1.82) is 0 Å². The molecule has 5 heteroatoms. The average Bonchev–Trinajstić information content (AvgIpc) is 2.95. The van der Waals surface area contributed by atoms with Gasteiger partial charge in [0.05, 0.1) is 18.4 Å². The van der Waals surface area contributed by atoms with Gasteiger partial charge in [0.15, 0.2) is 5.65 Å². The fourth-order valence-electron chi connectivity index (χ4n) is 4.47. The lowest BCUT2D eigenvalue weighted by atomic mass is 9.92. The molecule has 2 unspecified atom stereocenters. The molecule has 3 aromatic rings. The molecule has 2 aromatic heterocycles. The highest BCUT2D eigenvalue weighted by molar-refractivity contribution is 5.84. The molecule has 0 saturated carbocycles. The molecule has 0 N–H and O–H groups in total. The lowest BCUT2D eigenvalue weighted by Gasteiger charge is -2.36. The summed E-state index contributed by atoms with van der Waals surface area (Å²) in [5.74, 6) is 3.35. The molecule has 1 fully saturated rings. The average molecular weight is 364 g/mol. The minimum absolute atomic E-state index is 0.683. The molecule has 1 aliphatic rings. The molecule has 0 aliphatic carbocycles. The van der Waals surface area contributed by atoms with Crippen LogP contribution in [-0.4, -0.2) is 34.8 Å². The third-order valence-electron chi connectivity index (χ3n) is 5.44. The number of anilines is 1. The van der Waals surface area contributed by atoms with Gasteiger partial charge in [-0.25, -0.2) is 4.98 Å². The zero-order valence-electron chi connectivity index (χ0n) is 16.9. The fraction of sp³-hybridized carbons (Fsp3) is 0.455. The summed E-state index contributed by atoms with van der Waals surface area (Å²) < 4.78 is 7.63. The number of para-hydroxylation sites is 1. The number of hydrogen-bond acceptors (Lipinski definition) is 4. The fourth-order valence-corrected chi connectivity index (χ4v) is 4.47. The van der Waals surface area contributed by atoms with Gasteiger partial charge in [-0.3, -0.25) is 0 Å². The number of ether oxygens (including phenoxy) is 1. The maximum absolute atomic E-state index is 5.60. The molecule has 0 spiro atoms. The first-order chi connectivity index (χ1) is 13.0. The second-order valence-electron chi connectivity index (χ2n) is 8.00. The SMILES string of the molecule is COc1ccccc1-c1c(C)nn2c(N3CC(C)CC(C)C3)cc(C)nc12. The van der Waals surface area contributed by atoms with Crippen LogP contribution in [0.5, 0.6) is 5.75 Å². The number of methoxy groups -OCH3 is 1. The second-order valence-corrected chi connectivity index (χ2v) is 8.00. The van der Waals surface area contributed by atoms with Crippen molar-refractivity contribution in [2.45, 2.75) is 34.1 Å². The van der Waals surface area contributed by atoms with Crippen LogP contribution < -0.4 is 9.64 Å². The van der Waals surface area contributed by atoms with Gasteiger partial charge in [0.2, 0.25) is 0 Å². The molecule has 3 heterocycles. The molecule has 2 atom stereocenters. The van der Waals surface area contributed by atoms with E-state index in [0.717, 1.165) is 52.8 Å². The van der Waals surface area contributed by atoms with E-state index in [1.807, 2.05) is 22.7 Å². The van der Waals surface area contributed by atoms with Gasteiger partial charge in [0.25, 0.3) is 0 Å². The van der Waals surface area contributed by atoms with E-state index in [1.165, 1.54) is 6.42 Å². The minimum Gasteiger partial charge on any atom is -0.496 e. The highest BCUT2D eigenvalue weighted by Crippen LogP contribution is 2.36. The van der Waals surface area contributed by atoms with Crippen molar-refractivity contribution in [3.63, 3.8) is 0 Å². The van der Waals surface area contributed by atoms with Crippen molar-refractivity contribution in [1.82, 2.24) is 14.6 Å². The van der Waals surface area contributed by atoms with Crippen LogP contribution in [0.4, 0.5) is 5.82 Å². The maximum Gasteiger partial charge on any atom is 0.165 e. The molecule has 1 saturated heterocycles. The first-order valence-electron chi connectivity index (χ1n) is 9.73. The van der Waals surface area contributed by atoms with E-state index in [0.29, 0.717) is 11.8 Å². The number of nitrogens with zero attached hydrogens (tertiary/aromatic N) is 4. The van der Waals surface area contributed by atoms with E-state index in [1.54, 1.807) is 7.11 Å². The monoisotopic (exact) mass is 364 g/mol. The maximum atomic E-state index is 5.60. The molecule has 0 amide bonds. The summed E-state index contributed by atoms with van der Waals surface area (Å²) in [6.07, 6.45) is 1.29. The van der Waals surface area contributed by atoms with Crippen molar-refractivity contribution in [3.8, 4) is 16.9 Å².